The van der Waals surface area contributed by atoms with E-state index in [1.54, 1.807) is 117 Å². The van der Waals surface area contributed by atoms with Gasteiger partial charge in [0, 0.05) is 99.7 Å². The van der Waals surface area contributed by atoms with Crippen LogP contribution in [-0.4, -0.2) is 168 Å². The van der Waals surface area contributed by atoms with Gasteiger partial charge in [-0.15, -0.1) is 0 Å². The smallest absolute Gasteiger partial charge is 0.259 e. The first-order chi connectivity index (χ1) is 57.9. The molecule has 0 spiro atoms. The summed E-state index contributed by atoms with van der Waals surface area (Å²) in [6, 6.07) is 48.1. The number of carbonyl (C=O) groups is 9. The van der Waals surface area contributed by atoms with Crippen molar-refractivity contribution in [2.45, 2.75) is 38.0 Å². The Morgan fingerprint density at radius 3 is 1.21 bits per heavy atom. The molecule has 1 aliphatic carbocycles. The molecule has 0 saturated carbocycles. The van der Waals surface area contributed by atoms with Gasteiger partial charge in [-0.2, -0.15) is 49.8 Å². The predicted octanol–water partition coefficient (Wildman–Crippen LogP) is 12.5. The summed E-state index contributed by atoms with van der Waals surface area (Å²) in [5.41, 5.74) is 5.09. The molecule has 8 heterocycles. The predicted molar refractivity (Wildman–Crippen MR) is 455 cm³/mol. The lowest BCUT2D eigenvalue weighted by molar-refractivity contribution is -0.115. The van der Waals surface area contributed by atoms with E-state index < -0.39 is 44.4 Å². The number of halogens is 3. The number of pyridine rings is 4. The van der Waals surface area contributed by atoms with E-state index in [1.165, 1.54) is 99.4 Å². The number of aromatic nitrogens is 16. The highest BCUT2D eigenvalue weighted by atomic mass is 35.5. The van der Waals surface area contributed by atoms with Gasteiger partial charge in [-0.3, -0.25) is 84.4 Å². The van der Waals surface area contributed by atoms with E-state index in [0.29, 0.717) is 74.2 Å². The molecule has 0 radical (unpaired) electrons. The molecule has 7 N–H and O–H groups in total. The number of nitrogens with zero attached hydrogens (tertiary/aromatic N) is 17. The molecular weight excluding hydrogens is 1660 g/mol. The minimum absolute atomic E-state index is 0.0283. The highest BCUT2D eigenvalue weighted by Gasteiger charge is 2.34. The number of Topliss-reactive ketones (excluding diaryl/α,β-unsaturated/α-hetero) is 2. The van der Waals surface area contributed by atoms with Crippen molar-refractivity contribution in [1.82, 2.24) is 79.7 Å². The fraction of sp³-hybridized carbons (Fsp3) is 0.0988. The number of hydrogen-bond acceptors (Lipinski definition) is 29. The summed E-state index contributed by atoms with van der Waals surface area (Å²) in [5, 5.41) is 18.6. The molecule has 13 aromatic rings. The zero-order chi connectivity index (χ0) is 86.6. The van der Waals surface area contributed by atoms with Crippen molar-refractivity contribution in [3.8, 4) is 46.1 Å². The van der Waals surface area contributed by atoms with Gasteiger partial charge >= 0.3 is 0 Å². The molecule has 0 fully saturated rings. The van der Waals surface area contributed by atoms with Gasteiger partial charge in [-0.05, 0) is 146 Å². The van der Waals surface area contributed by atoms with Crippen LogP contribution in [0, 0.1) is 6.92 Å². The minimum Gasteiger partial charge on any atom is -0.347 e. The zero-order valence-corrected chi connectivity index (χ0v) is 68.6. The Morgan fingerprint density at radius 1 is 0.405 bits per heavy atom. The van der Waals surface area contributed by atoms with Crippen LogP contribution in [0.5, 0.6) is 0 Å². The van der Waals surface area contributed by atoms with Gasteiger partial charge < -0.3 is 20.9 Å². The summed E-state index contributed by atoms with van der Waals surface area (Å²) in [6.07, 6.45) is 10.7. The maximum absolute atomic E-state index is 12.9. The van der Waals surface area contributed by atoms with E-state index in [-0.39, 0.29) is 107 Å². The summed E-state index contributed by atoms with van der Waals surface area (Å²) < 4.78 is 24.0. The Kier molecular flexibility index (Phi) is 28.6. The van der Waals surface area contributed by atoms with Gasteiger partial charge in [0.05, 0.1) is 37.3 Å². The third-order valence-corrected chi connectivity index (χ3v) is 18.3. The molecular formula is C81H65Cl3N24O11S2. The molecule has 8 aromatic heterocycles. The van der Waals surface area contributed by atoms with Crippen LogP contribution >= 0.6 is 46.6 Å². The van der Waals surface area contributed by atoms with Gasteiger partial charge in [-0.25, -0.2) is 18.4 Å². The third kappa shape index (κ3) is 23.7. The molecule has 121 heavy (non-hydrogen) atoms. The number of ketones is 2. The Bertz CT molecular complexity index is 6320. The molecule has 7 amide bonds. The van der Waals surface area contributed by atoms with E-state index in [2.05, 4.69) is 117 Å². The standard InChI is InChI=1S/C26H17N5O3.C19H18ClN7O2.C18H15ClN6O4S.C18H15ClN6O2S/c1-15-28-24(21-9-5-6-12-27-21)30-26(29-15)31-25(34)17-10-11-18-19(14-17)23(33)20(22(18)32)13-16-7-3-2-4-8-16;1-11(28)22-12-7-8-14(20)13(10-12)17(29)25-18-23-16(15-6-4-5-9-21-15)24-19(26-18)27(2)3;1-10(26)21-11-6-7-13(19)12(9-11)16(27)24-17-22-15(14-5-3-4-8-20-14)23-18(25-17)30(2,28)29;1-10(26)21-11-6-7-13(19)12(9-11)16(27)24-17-22-15(23-18(25-17)28-2)14-5-3-4-8-20-14/h2-14H,1H3,(H,28,29,30,31,34);4-10H,1-3H3,(H,22,28)(H,23,24,25,26,29);3-9H,1-2H3,(H,21,26)(H,22,23,24,25,27);3-9H,1-2H3,(H,21,26)(H,22,23,24,25,27)/b20-13-;;;. The first-order valence-electron chi connectivity index (χ1n) is 35.5. The van der Waals surface area contributed by atoms with Crippen molar-refractivity contribution in [3.05, 3.63) is 266 Å². The van der Waals surface area contributed by atoms with E-state index in [0.717, 1.165) is 11.8 Å². The van der Waals surface area contributed by atoms with Crippen molar-refractivity contribution >= 4 is 162 Å². The number of carbonyl (C=O) groups excluding carboxylic acids is 9. The Morgan fingerprint density at radius 2 is 0.793 bits per heavy atom. The second kappa shape index (κ2) is 39.8. The van der Waals surface area contributed by atoms with Crippen LogP contribution in [0.4, 0.5) is 46.8 Å². The van der Waals surface area contributed by atoms with E-state index in [4.69, 9.17) is 34.8 Å². The number of nitrogens with one attached hydrogen (secondary N) is 7. The van der Waals surface area contributed by atoms with Gasteiger partial charge in [0.25, 0.3) is 28.8 Å². The van der Waals surface area contributed by atoms with Crippen LogP contribution in [0.1, 0.15) is 94.3 Å². The molecule has 0 unspecified atom stereocenters. The number of anilines is 8. The second-order valence-corrected chi connectivity index (χ2v) is 29.3. The fourth-order valence-electron chi connectivity index (χ4n) is 10.6. The summed E-state index contributed by atoms with van der Waals surface area (Å²) >= 11 is 19.7. The molecule has 14 rings (SSSR count). The first kappa shape index (κ1) is 86.9. The van der Waals surface area contributed by atoms with E-state index in [1.807, 2.05) is 54.8 Å². The van der Waals surface area contributed by atoms with Gasteiger partial charge in [0.15, 0.2) is 40.0 Å². The number of sulfone groups is 1. The van der Waals surface area contributed by atoms with E-state index in [9.17, 15) is 51.6 Å². The maximum atomic E-state index is 12.9. The number of hydrogen-bond donors (Lipinski definition) is 7. The maximum Gasteiger partial charge on any atom is 0.259 e. The number of amides is 7. The van der Waals surface area contributed by atoms with E-state index >= 15 is 0 Å². The van der Waals surface area contributed by atoms with Gasteiger partial charge in [-0.1, -0.05) is 101 Å². The Balaban J connectivity index is 0.000000158. The van der Waals surface area contributed by atoms with Crippen LogP contribution in [0.2, 0.25) is 15.1 Å². The Hall–Kier alpha value is -14.9. The first-order valence-corrected chi connectivity index (χ1v) is 39.7. The molecule has 0 atom stereocenters. The molecule has 608 valence electrons. The second-order valence-electron chi connectivity index (χ2n) is 25.4. The lowest BCUT2D eigenvalue weighted by Gasteiger charge is -2.13. The highest BCUT2D eigenvalue weighted by Crippen LogP contribution is 2.32. The van der Waals surface area contributed by atoms with Crippen LogP contribution in [0.3, 0.4) is 0 Å². The lowest BCUT2D eigenvalue weighted by atomic mass is 10.1. The number of benzene rings is 5. The summed E-state index contributed by atoms with van der Waals surface area (Å²) in [7, 11) is -0.250. The SMILES string of the molecule is CC(=O)Nc1ccc(Cl)c(C(=O)Nc2nc(-c3ccccn3)nc(N(C)C)n2)c1.CC(=O)Nc1ccc(Cl)c(C(=O)Nc2nc(-c3ccccn3)nc(S(C)(=O)=O)n2)c1.CSc1nc(NC(=O)c2cc(NC(C)=O)ccc2Cl)nc(-c2ccccn2)n1.Cc1nc(NC(=O)c2ccc3c(c2)C(=O)/C(=C\c2ccccc2)C3=O)nc(-c2ccccn2)n1. The topological polar surface area (TPSA) is 481 Å². The Labute approximate surface area is 708 Å². The quantitative estimate of drug-likeness (QED) is 0.0225. The van der Waals surface area contributed by atoms with Crippen LogP contribution < -0.4 is 42.1 Å². The van der Waals surface area contributed by atoms with Crippen molar-refractivity contribution < 1.29 is 51.6 Å². The van der Waals surface area contributed by atoms with Crippen molar-refractivity contribution in [2.75, 3.05) is 68.7 Å². The highest BCUT2D eigenvalue weighted by molar-refractivity contribution is 7.98. The third-order valence-electron chi connectivity index (χ3n) is 16.0. The average Bonchev–Trinajstić information content (AvgIpc) is 1.57. The van der Waals surface area contributed by atoms with Crippen LogP contribution in [-0.2, 0) is 24.2 Å². The van der Waals surface area contributed by atoms with Crippen molar-refractivity contribution in [1.29, 1.82) is 0 Å². The summed E-state index contributed by atoms with van der Waals surface area (Å²) in [6.45, 7) is 5.76. The van der Waals surface area contributed by atoms with Gasteiger partial charge in [0.2, 0.25) is 57.3 Å². The van der Waals surface area contributed by atoms with Crippen molar-refractivity contribution in [3.63, 3.8) is 0 Å². The zero-order valence-electron chi connectivity index (χ0n) is 64.7. The molecule has 1 aliphatic rings. The number of thioether (sulfide) groups is 1. The summed E-state index contributed by atoms with van der Waals surface area (Å²) in [4.78, 5) is 179. The fourth-order valence-corrected chi connectivity index (χ4v) is 12.1. The van der Waals surface area contributed by atoms with Crippen LogP contribution in [0.25, 0.3) is 52.1 Å². The minimum atomic E-state index is -3.80. The molecule has 0 bridgehead atoms. The van der Waals surface area contributed by atoms with Crippen LogP contribution in [0.15, 0.2) is 217 Å². The normalized spacial score (nSPS) is 11.5. The summed E-state index contributed by atoms with van der Waals surface area (Å²) in [5.74, 6) is -2.23. The average molecular weight is 1720 g/mol. The molecule has 40 heteroatoms. The molecule has 35 nitrogen and oxygen atoms in total. The molecule has 5 aromatic carbocycles. The lowest BCUT2D eigenvalue weighted by Crippen LogP contribution is -2.19. The number of aryl methyl sites for hydroxylation is 1. The largest absolute Gasteiger partial charge is 0.347 e. The number of rotatable bonds is 19. The molecule has 0 saturated heterocycles. The van der Waals surface area contributed by atoms with Crippen molar-refractivity contribution in [2.24, 2.45) is 0 Å². The monoisotopic (exact) mass is 1720 g/mol. The number of allylic oxidation sites excluding steroid dienone is 1. The van der Waals surface area contributed by atoms with Gasteiger partial charge in [0.1, 0.15) is 28.6 Å². The molecule has 0 aliphatic heterocycles. The number of fused-ring (bicyclic) bond motifs is 1.